The van der Waals surface area contributed by atoms with E-state index in [0.29, 0.717) is 5.82 Å². The number of hydrogen-bond acceptors (Lipinski definition) is 5. The van der Waals surface area contributed by atoms with Gasteiger partial charge in [-0.3, -0.25) is 0 Å². The summed E-state index contributed by atoms with van der Waals surface area (Å²) >= 11 is 0. The van der Waals surface area contributed by atoms with E-state index < -0.39 is 0 Å². The molecule has 1 heterocycles. The lowest BCUT2D eigenvalue weighted by Gasteiger charge is -2.22. The first-order chi connectivity index (χ1) is 8.76. The van der Waals surface area contributed by atoms with Gasteiger partial charge in [0.05, 0.1) is 0 Å². The van der Waals surface area contributed by atoms with E-state index >= 15 is 0 Å². The number of anilines is 2. The summed E-state index contributed by atoms with van der Waals surface area (Å²) in [6.07, 6.45) is 4.64. The first-order valence-corrected chi connectivity index (χ1v) is 6.86. The fourth-order valence-corrected chi connectivity index (χ4v) is 2.05. The number of aromatic nitrogens is 2. The maximum absolute atomic E-state index is 5.48. The van der Waals surface area contributed by atoms with Crippen LogP contribution in [0.3, 0.4) is 0 Å². The van der Waals surface area contributed by atoms with Crippen molar-refractivity contribution in [3.05, 3.63) is 11.9 Å². The number of aryl methyl sites for hydroxylation is 1. The number of hydrogen-bond donors (Lipinski definition) is 2. The molecule has 1 fully saturated rings. The highest BCUT2D eigenvalue weighted by Crippen LogP contribution is 2.31. The molecule has 2 rings (SSSR count). The Bertz CT molecular complexity index is 389. The summed E-state index contributed by atoms with van der Waals surface area (Å²) in [7, 11) is 0. The Kier molecular flexibility index (Phi) is 4.36. The Morgan fingerprint density at radius 1 is 1.39 bits per heavy atom. The maximum atomic E-state index is 5.48. The van der Waals surface area contributed by atoms with Crippen LogP contribution in [0.4, 0.5) is 11.6 Å². The third-order valence-corrected chi connectivity index (χ3v) is 3.26. The van der Waals surface area contributed by atoms with Crippen molar-refractivity contribution in [1.82, 2.24) is 9.97 Å². The summed E-state index contributed by atoms with van der Waals surface area (Å²) in [5.41, 5.74) is 2.64. The molecule has 5 heteroatoms. The smallest absolute Gasteiger partial charge is 0.145 e. The lowest BCUT2D eigenvalue weighted by Crippen LogP contribution is -2.27. The van der Waals surface area contributed by atoms with Gasteiger partial charge in [-0.1, -0.05) is 6.92 Å². The van der Waals surface area contributed by atoms with E-state index in [2.05, 4.69) is 34.1 Å². The zero-order valence-corrected chi connectivity index (χ0v) is 11.3. The van der Waals surface area contributed by atoms with Crippen molar-refractivity contribution in [2.75, 3.05) is 23.4 Å². The predicted octanol–water partition coefficient (Wildman–Crippen LogP) is 1.95. The van der Waals surface area contributed by atoms with Gasteiger partial charge in [0.25, 0.3) is 0 Å². The Labute approximate surface area is 109 Å². The number of nitrogens with zero attached hydrogens (tertiary/aromatic N) is 3. The lowest BCUT2D eigenvalue weighted by atomic mass is 10.3. The quantitative estimate of drug-likeness (QED) is 0.571. The second-order valence-corrected chi connectivity index (χ2v) is 4.90. The highest BCUT2D eigenvalue weighted by Gasteiger charge is 2.24. The van der Waals surface area contributed by atoms with Gasteiger partial charge in [0.15, 0.2) is 0 Å². The molecule has 0 spiro atoms. The third-order valence-electron chi connectivity index (χ3n) is 3.26. The molecule has 0 saturated heterocycles. The number of rotatable bonds is 7. The number of nitrogens with two attached hydrogens (primary N) is 1. The van der Waals surface area contributed by atoms with E-state index in [-0.39, 0.29) is 0 Å². The van der Waals surface area contributed by atoms with Crippen LogP contribution in [0.1, 0.15) is 38.9 Å². The molecule has 18 heavy (non-hydrogen) atoms. The molecule has 0 bridgehead atoms. The molecule has 1 aliphatic carbocycles. The molecule has 1 aliphatic rings. The summed E-state index contributed by atoms with van der Waals surface area (Å²) in [5.74, 6) is 8.91. The molecule has 0 aromatic carbocycles. The normalized spacial score (nSPS) is 14.6. The van der Waals surface area contributed by atoms with Gasteiger partial charge in [0, 0.05) is 25.6 Å². The molecule has 1 aromatic rings. The minimum Gasteiger partial charge on any atom is -0.356 e. The zero-order valence-electron chi connectivity index (χ0n) is 11.3. The van der Waals surface area contributed by atoms with Crippen molar-refractivity contribution < 1.29 is 0 Å². The van der Waals surface area contributed by atoms with Crippen molar-refractivity contribution in [2.45, 2.75) is 39.5 Å². The molecule has 0 amide bonds. The minimum absolute atomic E-state index is 0.706. The van der Waals surface area contributed by atoms with Crippen LogP contribution < -0.4 is 16.2 Å². The van der Waals surface area contributed by atoms with E-state index in [1.54, 1.807) is 0 Å². The van der Waals surface area contributed by atoms with Gasteiger partial charge in [0.1, 0.15) is 17.5 Å². The first-order valence-electron chi connectivity index (χ1n) is 6.86. The van der Waals surface area contributed by atoms with Crippen LogP contribution in [0.5, 0.6) is 0 Å². The highest BCUT2D eigenvalue weighted by molar-refractivity contribution is 5.49. The van der Waals surface area contributed by atoms with E-state index in [1.807, 2.05) is 6.07 Å². The lowest BCUT2D eigenvalue weighted by molar-refractivity contribution is 0.722. The fraction of sp³-hybridized carbons (Fsp3) is 0.692. The SMILES string of the molecule is CCCc1nc(NN)cc(N(CC)CC2CC2)n1. The van der Waals surface area contributed by atoms with Gasteiger partial charge in [-0.25, -0.2) is 15.8 Å². The van der Waals surface area contributed by atoms with Gasteiger partial charge >= 0.3 is 0 Å². The van der Waals surface area contributed by atoms with Crippen molar-refractivity contribution in [3.63, 3.8) is 0 Å². The van der Waals surface area contributed by atoms with E-state index in [9.17, 15) is 0 Å². The molecule has 0 aliphatic heterocycles. The zero-order chi connectivity index (χ0) is 13.0. The molecule has 1 saturated carbocycles. The molecular weight excluding hydrogens is 226 g/mol. The van der Waals surface area contributed by atoms with Crippen LogP contribution in [0.2, 0.25) is 0 Å². The summed E-state index contributed by atoms with van der Waals surface area (Å²) in [4.78, 5) is 11.3. The highest BCUT2D eigenvalue weighted by atomic mass is 15.3. The Morgan fingerprint density at radius 2 is 2.17 bits per heavy atom. The number of nitrogens with one attached hydrogen (secondary N) is 1. The van der Waals surface area contributed by atoms with Crippen LogP contribution in [-0.4, -0.2) is 23.1 Å². The summed E-state index contributed by atoms with van der Waals surface area (Å²) in [6.45, 7) is 6.37. The van der Waals surface area contributed by atoms with Crippen LogP contribution in [0.15, 0.2) is 6.07 Å². The fourth-order valence-electron chi connectivity index (χ4n) is 2.05. The van der Waals surface area contributed by atoms with Gasteiger partial charge in [-0.05, 0) is 32.1 Å². The van der Waals surface area contributed by atoms with Gasteiger partial charge in [-0.15, -0.1) is 0 Å². The summed E-state index contributed by atoms with van der Waals surface area (Å²) in [6, 6.07) is 1.94. The van der Waals surface area contributed by atoms with Gasteiger partial charge < -0.3 is 10.3 Å². The molecule has 0 atom stereocenters. The molecule has 3 N–H and O–H groups in total. The maximum Gasteiger partial charge on any atom is 0.145 e. The molecule has 0 unspecified atom stereocenters. The Balaban J connectivity index is 2.19. The Morgan fingerprint density at radius 3 is 2.72 bits per heavy atom. The Hall–Kier alpha value is -1.36. The monoisotopic (exact) mass is 249 g/mol. The van der Waals surface area contributed by atoms with E-state index in [0.717, 1.165) is 43.5 Å². The molecular formula is C13H23N5. The van der Waals surface area contributed by atoms with Crippen molar-refractivity contribution in [3.8, 4) is 0 Å². The summed E-state index contributed by atoms with van der Waals surface area (Å²) < 4.78 is 0. The number of hydrazine groups is 1. The molecule has 1 aromatic heterocycles. The third kappa shape index (κ3) is 3.32. The minimum atomic E-state index is 0.706. The average molecular weight is 249 g/mol. The number of nitrogen functional groups attached to an aromatic ring is 1. The molecule has 5 nitrogen and oxygen atoms in total. The first kappa shape index (κ1) is 13.1. The van der Waals surface area contributed by atoms with Crippen molar-refractivity contribution in [1.29, 1.82) is 0 Å². The van der Waals surface area contributed by atoms with Crippen LogP contribution >= 0.6 is 0 Å². The van der Waals surface area contributed by atoms with Crippen LogP contribution in [-0.2, 0) is 6.42 Å². The average Bonchev–Trinajstić information content (AvgIpc) is 3.19. The largest absolute Gasteiger partial charge is 0.356 e. The van der Waals surface area contributed by atoms with E-state index in [1.165, 1.54) is 12.8 Å². The second-order valence-electron chi connectivity index (χ2n) is 4.90. The second kappa shape index (κ2) is 6.00. The summed E-state index contributed by atoms with van der Waals surface area (Å²) in [5, 5.41) is 0. The van der Waals surface area contributed by atoms with Crippen LogP contribution in [0.25, 0.3) is 0 Å². The van der Waals surface area contributed by atoms with Gasteiger partial charge in [0.2, 0.25) is 0 Å². The molecule has 0 radical (unpaired) electrons. The topological polar surface area (TPSA) is 67.1 Å². The molecule has 100 valence electrons. The van der Waals surface area contributed by atoms with Crippen LogP contribution in [0, 0.1) is 5.92 Å². The van der Waals surface area contributed by atoms with E-state index in [4.69, 9.17) is 5.84 Å². The standard InChI is InChI=1S/C13H23N5/c1-3-5-11-15-12(17-14)8-13(16-11)18(4-2)9-10-6-7-10/h8,10H,3-7,9,14H2,1-2H3,(H,15,16,17). The van der Waals surface area contributed by atoms with Crippen molar-refractivity contribution in [2.24, 2.45) is 11.8 Å². The van der Waals surface area contributed by atoms with Gasteiger partial charge in [-0.2, -0.15) is 0 Å². The predicted molar refractivity (Wildman–Crippen MR) is 74.4 cm³/mol. The van der Waals surface area contributed by atoms with Crippen molar-refractivity contribution >= 4 is 11.6 Å².